The Morgan fingerprint density at radius 3 is 2.33 bits per heavy atom. The number of rotatable bonds is 4. The van der Waals surface area contributed by atoms with Crippen LogP contribution in [0.3, 0.4) is 0 Å². The molecule has 1 aromatic rings. The van der Waals surface area contributed by atoms with E-state index in [0.717, 1.165) is 19.3 Å². The first-order valence-corrected chi connectivity index (χ1v) is 9.10. The van der Waals surface area contributed by atoms with Gasteiger partial charge in [0.15, 0.2) is 0 Å². The highest BCUT2D eigenvalue weighted by Crippen LogP contribution is 2.29. The molecule has 0 radical (unpaired) electrons. The molecule has 0 heterocycles. The van der Waals surface area contributed by atoms with E-state index >= 15 is 0 Å². The Bertz CT molecular complexity index is 618. The maximum atomic E-state index is 12.6. The number of hydrogen-bond donors (Lipinski definition) is 2. The van der Waals surface area contributed by atoms with E-state index in [1.165, 1.54) is 0 Å². The lowest BCUT2D eigenvalue weighted by atomic mass is 9.81. The zero-order valence-electron chi connectivity index (χ0n) is 12.4. The standard InChI is InChI=1S/C15H22N2O2S2/c1-10-7-11(2)9-12(8-10)17-21(18,19)14-6-4-3-5-13(14)15(16)20/h3-6,10-12,17H,7-9H2,1-2H3,(H2,16,20). The molecule has 1 saturated carbocycles. The Morgan fingerprint density at radius 1 is 1.19 bits per heavy atom. The summed E-state index contributed by atoms with van der Waals surface area (Å²) in [5.74, 6) is 1.07. The fourth-order valence-corrected chi connectivity index (χ4v) is 4.96. The van der Waals surface area contributed by atoms with Crippen molar-refractivity contribution in [2.45, 2.75) is 44.0 Å². The minimum absolute atomic E-state index is 0.0202. The molecule has 21 heavy (non-hydrogen) atoms. The van der Waals surface area contributed by atoms with Crippen LogP contribution in [0.25, 0.3) is 0 Å². The summed E-state index contributed by atoms with van der Waals surface area (Å²) in [5.41, 5.74) is 6.03. The van der Waals surface area contributed by atoms with E-state index in [9.17, 15) is 8.42 Å². The van der Waals surface area contributed by atoms with Crippen molar-refractivity contribution < 1.29 is 8.42 Å². The highest BCUT2D eigenvalue weighted by Gasteiger charge is 2.29. The molecule has 0 bridgehead atoms. The van der Waals surface area contributed by atoms with Crippen molar-refractivity contribution in [2.24, 2.45) is 17.6 Å². The van der Waals surface area contributed by atoms with E-state index in [1.54, 1.807) is 24.3 Å². The Balaban J connectivity index is 2.25. The largest absolute Gasteiger partial charge is 0.389 e. The molecule has 1 aliphatic carbocycles. The van der Waals surface area contributed by atoms with Gasteiger partial charge in [-0.3, -0.25) is 0 Å². The molecule has 6 heteroatoms. The van der Waals surface area contributed by atoms with Gasteiger partial charge in [-0.2, -0.15) is 0 Å². The summed E-state index contributed by atoms with van der Waals surface area (Å²) < 4.78 is 28.1. The zero-order chi connectivity index (χ0) is 15.6. The minimum atomic E-state index is -3.60. The third kappa shape index (κ3) is 4.02. The van der Waals surface area contributed by atoms with Crippen LogP contribution >= 0.6 is 12.2 Å². The summed E-state index contributed by atoms with van der Waals surface area (Å²) in [4.78, 5) is 0.268. The van der Waals surface area contributed by atoms with Gasteiger partial charge in [-0.05, 0) is 37.2 Å². The molecule has 1 aromatic carbocycles. The number of benzene rings is 1. The number of thiocarbonyl (C=S) groups is 1. The predicted octanol–water partition coefficient (Wildman–Crippen LogP) is 2.42. The van der Waals surface area contributed by atoms with Gasteiger partial charge >= 0.3 is 0 Å². The maximum Gasteiger partial charge on any atom is 0.241 e. The van der Waals surface area contributed by atoms with Crippen molar-refractivity contribution in [3.05, 3.63) is 29.8 Å². The number of hydrogen-bond acceptors (Lipinski definition) is 3. The predicted molar refractivity (Wildman–Crippen MR) is 88.6 cm³/mol. The Kier molecular flexibility index (Phi) is 5.01. The van der Waals surface area contributed by atoms with E-state index in [-0.39, 0.29) is 15.9 Å². The number of nitrogens with two attached hydrogens (primary N) is 1. The van der Waals surface area contributed by atoms with Crippen molar-refractivity contribution in [3.8, 4) is 0 Å². The van der Waals surface area contributed by atoms with E-state index in [2.05, 4.69) is 18.6 Å². The third-order valence-corrected chi connectivity index (χ3v) is 5.74. The summed E-state index contributed by atoms with van der Waals surface area (Å²) in [7, 11) is -3.60. The molecular formula is C15H22N2O2S2. The topological polar surface area (TPSA) is 72.2 Å². The van der Waals surface area contributed by atoms with Crippen LogP contribution in [-0.2, 0) is 10.0 Å². The second-order valence-corrected chi connectivity index (χ2v) is 8.22. The molecule has 3 N–H and O–H groups in total. The summed E-state index contributed by atoms with van der Waals surface area (Å²) in [5, 5.41) is 0. The molecule has 0 aliphatic heterocycles. The van der Waals surface area contributed by atoms with E-state index in [1.807, 2.05) is 0 Å². The molecule has 4 nitrogen and oxygen atoms in total. The molecule has 2 unspecified atom stereocenters. The zero-order valence-corrected chi connectivity index (χ0v) is 14.0. The normalized spacial score (nSPS) is 26.5. The smallest absolute Gasteiger partial charge is 0.241 e. The Labute approximate surface area is 132 Å². The Hall–Kier alpha value is -0.980. The fourth-order valence-electron chi connectivity index (χ4n) is 3.23. The lowest BCUT2D eigenvalue weighted by Crippen LogP contribution is -2.40. The van der Waals surface area contributed by atoms with Crippen LogP contribution < -0.4 is 10.5 Å². The van der Waals surface area contributed by atoms with Crippen LogP contribution in [0.4, 0.5) is 0 Å². The summed E-state index contributed by atoms with van der Waals surface area (Å²) in [6.07, 6.45) is 2.90. The first-order chi connectivity index (χ1) is 9.79. The molecule has 0 saturated heterocycles. The van der Waals surface area contributed by atoms with Gasteiger partial charge in [0.25, 0.3) is 0 Å². The minimum Gasteiger partial charge on any atom is -0.389 e. The second-order valence-electron chi connectivity index (χ2n) is 6.10. The van der Waals surface area contributed by atoms with Gasteiger partial charge in [0.05, 0.1) is 4.90 Å². The first kappa shape index (κ1) is 16.4. The average molecular weight is 326 g/mol. The lowest BCUT2D eigenvalue weighted by Gasteiger charge is -2.31. The molecule has 1 aliphatic rings. The molecule has 0 spiro atoms. The second kappa shape index (κ2) is 6.42. The highest BCUT2D eigenvalue weighted by molar-refractivity contribution is 7.89. The molecule has 0 aromatic heterocycles. The van der Waals surface area contributed by atoms with E-state index in [4.69, 9.17) is 18.0 Å². The average Bonchev–Trinajstić information content (AvgIpc) is 2.36. The van der Waals surface area contributed by atoms with Crippen molar-refractivity contribution in [3.63, 3.8) is 0 Å². The van der Waals surface area contributed by atoms with Crippen LogP contribution in [0.2, 0.25) is 0 Å². The summed E-state index contributed by atoms with van der Waals surface area (Å²) in [6, 6.07) is 6.59. The molecule has 2 rings (SSSR count). The lowest BCUT2D eigenvalue weighted by molar-refractivity contribution is 0.257. The van der Waals surface area contributed by atoms with E-state index in [0.29, 0.717) is 17.4 Å². The quantitative estimate of drug-likeness (QED) is 0.834. The molecular weight excluding hydrogens is 304 g/mol. The molecule has 2 atom stereocenters. The summed E-state index contributed by atoms with van der Waals surface area (Å²) in [6.45, 7) is 4.33. The van der Waals surface area contributed by atoms with Crippen molar-refractivity contribution in [1.82, 2.24) is 4.72 Å². The van der Waals surface area contributed by atoms with Crippen LogP contribution in [0.1, 0.15) is 38.7 Å². The summed E-state index contributed by atoms with van der Waals surface area (Å²) >= 11 is 4.95. The number of sulfonamides is 1. The van der Waals surface area contributed by atoms with Gasteiger partial charge in [0.1, 0.15) is 4.99 Å². The van der Waals surface area contributed by atoms with Crippen LogP contribution in [-0.4, -0.2) is 19.4 Å². The van der Waals surface area contributed by atoms with E-state index < -0.39 is 10.0 Å². The molecule has 0 amide bonds. The highest BCUT2D eigenvalue weighted by atomic mass is 32.2. The van der Waals surface area contributed by atoms with Gasteiger partial charge in [-0.25, -0.2) is 13.1 Å². The van der Waals surface area contributed by atoms with Gasteiger partial charge in [0.2, 0.25) is 10.0 Å². The van der Waals surface area contributed by atoms with Gasteiger partial charge in [0, 0.05) is 11.6 Å². The molecule has 116 valence electrons. The van der Waals surface area contributed by atoms with Crippen molar-refractivity contribution >= 4 is 27.2 Å². The van der Waals surface area contributed by atoms with Gasteiger partial charge in [-0.15, -0.1) is 0 Å². The van der Waals surface area contributed by atoms with Crippen molar-refractivity contribution in [2.75, 3.05) is 0 Å². The monoisotopic (exact) mass is 326 g/mol. The fraction of sp³-hybridized carbons (Fsp3) is 0.533. The van der Waals surface area contributed by atoms with Gasteiger partial charge < -0.3 is 5.73 Å². The third-order valence-electron chi connectivity index (χ3n) is 3.94. The van der Waals surface area contributed by atoms with Crippen LogP contribution in [0.15, 0.2) is 29.2 Å². The Morgan fingerprint density at radius 2 is 1.76 bits per heavy atom. The van der Waals surface area contributed by atoms with Crippen molar-refractivity contribution in [1.29, 1.82) is 0 Å². The first-order valence-electron chi connectivity index (χ1n) is 7.20. The van der Waals surface area contributed by atoms with Gasteiger partial charge in [-0.1, -0.05) is 44.3 Å². The van der Waals surface area contributed by atoms with Crippen LogP contribution in [0.5, 0.6) is 0 Å². The number of nitrogens with one attached hydrogen (secondary N) is 1. The van der Waals surface area contributed by atoms with Crippen LogP contribution in [0, 0.1) is 11.8 Å². The molecule has 1 fully saturated rings. The SMILES string of the molecule is CC1CC(C)CC(NS(=O)(=O)c2ccccc2C(N)=S)C1. The maximum absolute atomic E-state index is 12.6.